The van der Waals surface area contributed by atoms with E-state index in [4.69, 9.17) is 25.2 Å². The molecular formula is C42H62O17. The zero-order chi connectivity index (χ0) is 44.5. The summed E-state index contributed by atoms with van der Waals surface area (Å²) in [5.41, 5.74) is -4.67. The van der Waals surface area contributed by atoms with E-state index in [2.05, 4.69) is 12.0 Å². The summed E-state index contributed by atoms with van der Waals surface area (Å²) in [7, 11) is 0. The van der Waals surface area contributed by atoms with Crippen LogP contribution in [0.3, 0.4) is 0 Å². The van der Waals surface area contributed by atoms with Crippen molar-refractivity contribution in [2.45, 2.75) is 141 Å². The summed E-state index contributed by atoms with van der Waals surface area (Å²) in [6.45, 7) is 6.29. The first kappa shape index (κ1) is 48.6. The third-order valence-corrected chi connectivity index (χ3v) is 16.8. The van der Waals surface area contributed by atoms with E-state index in [9.17, 15) is 54.6 Å². The number of ketones is 4. The van der Waals surface area contributed by atoms with Gasteiger partial charge in [-0.15, -0.1) is 0 Å². The summed E-state index contributed by atoms with van der Waals surface area (Å²) in [6, 6.07) is 0. The summed E-state index contributed by atoms with van der Waals surface area (Å²) in [4.78, 5) is 76.7. The molecular weight excluding hydrogens is 776 g/mol. The number of allylic oxidation sites excluding steroid dienone is 1. The highest BCUT2D eigenvalue weighted by Crippen LogP contribution is 2.68. The predicted molar refractivity (Wildman–Crippen MR) is 201 cm³/mol. The van der Waals surface area contributed by atoms with Crippen LogP contribution in [0.15, 0.2) is 11.6 Å². The zero-order valence-corrected chi connectivity index (χ0v) is 34.3. The van der Waals surface area contributed by atoms with Crippen molar-refractivity contribution in [2.75, 3.05) is 13.2 Å². The maximum atomic E-state index is 12.7. The number of fused-ring (bicyclic) bond motifs is 8. The van der Waals surface area contributed by atoms with Crippen molar-refractivity contribution in [1.29, 1.82) is 0 Å². The Labute approximate surface area is 342 Å². The fourth-order valence-corrected chi connectivity index (χ4v) is 14.0. The normalized spacial score (nSPS) is 44.0. The van der Waals surface area contributed by atoms with Crippen LogP contribution >= 0.6 is 0 Å². The van der Waals surface area contributed by atoms with Crippen molar-refractivity contribution >= 4 is 35.3 Å². The molecule has 9 N–H and O–H groups in total. The summed E-state index contributed by atoms with van der Waals surface area (Å²) < 4.78 is 0. The number of carbonyl (C=O) groups excluding carboxylic acids is 6. The minimum absolute atomic E-state index is 0.00709. The topological polar surface area (TPSA) is 311 Å². The Bertz CT molecular complexity index is 1690. The molecule has 0 aliphatic heterocycles. The number of carbonyl (C=O) groups is 5. The van der Waals surface area contributed by atoms with Crippen LogP contribution in [0.2, 0.25) is 0 Å². The second-order valence-corrected chi connectivity index (χ2v) is 19.0. The van der Waals surface area contributed by atoms with Gasteiger partial charge in [0.15, 0.2) is 17.3 Å². The van der Waals surface area contributed by atoms with E-state index < -0.39 is 70.4 Å². The number of aliphatic hydroxyl groups excluding tert-OH is 4. The van der Waals surface area contributed by atoms with E-state index in [0.29, 0.717) is 38.5 Å². The van der Waals surface area contributed by atoms with Crippen LogP contribution in [0.4, 0.5) is 0 Å². The van der Waals surface area contributed by atoms with Gasteiger partial charge in [0.1, 0.15) is 30.2 Å². The van der Waals surface area contributed by atoms with Crippen molar-refractivity contribution in [2.24, 2.45) is 57.2 Å². The highest BCUT2D eigenvalue weighted by molar-refractivity contribution is 5.92. The molecule has 0 heterocycles. The number of carboxylic acid groups (broad SMARTS) is 1. The fourth-order valence-electron chi connectivity index (χ4n) is 14.0. The van der Waals surface area contributed by atoms with Gasteiger partial charge >= 0.3 is 12.1 Å². The first-order chi connectivity index (χ1) is 27.5. The third-order valence-electron chi connectivity index (χ3n) is 16.8. The number of carboxylic acids is 1. The van der Waals surface area contributed by atoms with Gasteiger partial charge in [0.2, 0.25) is 0 Å². The molecule has 0 bridgehead atoms. The molecule has 0 radical (unpaired) electrons. The minimum atomic E-state index is -1.67. The highest BCUT2D eigenvalue weighted by Gasteiger charge is 2.70. The molecule has 0 saturated heterocycles. The lowest BCUT2D eigenvalue weighted by molar-refractivity contribution is -0.465. The number of Topliss-reactive ketones (excluding diaryl/α,β-unsaturated/α-hetero) is 3. The Balaban J connectivity index is 0.000000230. The zero-order valence-electron chi connectivity index (χ0n) is 34.3. The van der Waals surface area contributed by atoms with Crippen molar-refractivity contribution in [3.05, 3.63) is 11.6 Å². The molecule has 14 unspecified atom stereocenters. The fraction of sp³-hybridized carbons (Fsp3) is 0.810. The Hall–Kier alpha value is -3.09. The lowest BCUT2D eigenvalue weighted by Gasteiger charge is -2.60. The van der Waals surface area contributed by atoms with E-state index in [1.807, 2.05) is 13.8 Å². The van der Waals surface area contributed by atoms with Crippen molar-refractivity contribution in [1.82, 2.24) is 0 Å². The standard InChI is InChI=1S/C21H30O5.C20H30O7.CO2.H2O3/c1-19-7-5-13(23)9-12(19)3-4-14-15-6-8-21(26,17(25)11-22)20(15,2)10-16(24)18(14)19;1-18(7-6-16(25)26)14(23)4-3-11-12-5-8-20(27,15(24)10-21)19(12,2)9-13(22)17(11)18;2-1-3;1-3-2/h9,14-16,18,22,24,26H,3-8,10-11H2,1-2H3;11-13,17,21-22,27H,3-10H2,1-2H3,(H,25,26);;1-2H. The van der Waals surface area contributed by atoms with Crippen LogP contribution in [0.5, 0.6) is 0 Å². The maximum Gasteiger partial charge on any atom is 0.373 e. The summed E-state index contributed by atoms with van der Waals surface area (Å²) in [5, 5.41) is 87.8. The van der Waals surface area contributed by atoms with Gasteiger partial charge in [-0.25, -0.2) is 10.5 Å². The first-order valence-corrected chi connectivity index (χ1v) is 20.5. The smallest absolute Gasteiger partial charge is 0.373 e. The van der Waals surface area contributed by atoms with Crippen LogP contribution in [0.25, 0.3) is 0 Å². The van der Waals surface area contributed by atoms with Gasteiger partial charge in [0.05, 0.1) is 12.2 Å². The average Bonchev–Trinajstić information content (AvgIpc) is 3.61. The van der Waals surface area contributed by atoms with Gasteiger partial charge in [-0.05, 0) is 112 Å². The molecule has 0 aromatic rings. The van der Waals surface area contributed by atoms with Gasteiger partial charge in [0.25, 0.3) is 0 Å². The second kappa shape index (κ2) is 18.1. The van der Waals surface area contributed by atoms with Crippen molar-refractivity contribution in [3.8, 4) is 0 Å². The second-order valence-electron chi connectivity index (χ2n) is 19.0. The molecule has 7 aliphatic rings. The van der Waals surface area contributed by atoms with Gasteiger partial charge in [-0.3, -0.25) is 24.0 Å². The number of hydrogen-bond donors (Lipinski definition) is 9. The van der Waals surface area contributed by atoms with Crippen LogP contribution < -0.4 is 0 Å². The largest absolute Gasteiger partial charge is 0.481 e. The minimum Gasteiger partial charge on any atom is -0.481 e. The van der Waals surface area contributed by atoms with E-state index in [1.165, 1.54) is 5.57 Å². The van der Waals surface area contributed by atoms with Gasteiger partial charge in [-0.2, -0.15) is 9.59 Å². The molecule has 6 fully saturated rings. The molecule has 17 heteroatoms. The summed E-state index contributed by atoms with van der Waals surface area (Å²) in [5.74, 6) is -1.93. The van der Waals surface area contributed by atoms with E-state index in [1.54, 1.807) is 13.0 Å². The van der Waals surface area contributed by atoms with E-state index >= 15 is 0 Å². The monoisotopic (exact) mass is 838 g/mol. The van der Waals surface area contributed by atoms with Gasteiger partial charge in [0, 0.05) is 41.4 Å². The average molecular weight is 839 g/mol. The molecule has 0 spiro atoms. The van der Waals surface area contributed by atoms with Crippen molar-refractivity contribution < 1.29 is 84.9 Å². The van der Waals surface area contributed by atoms with Crippen LogP contribution in [0.1, 0.15) is 118 Å². The molecule has 0 aromatic carbocycles. The Morgan fingerprint density at radius 3 is 1.64 bits per heavy atom. The molecule has 0 amide bonds. The summed E-state index contributed by atoms with van der Waals surface area (Å²) >= 11 is 0. The van der Waals surface area contributed by atoms with Crippen LogP contribution in [-0.2, 0) is 38.6 Å². The molecule has 7 aliphatic carbocycles. The quantitative estimate of drug-likeness (QED) is 0.131. The Kier molecular flexibility index (Phi) is 14.9. The van der Waals surface area contributed by atoms with Gasteiger partial charge < -0.3 is 35.7 Å². The number of aliphatic carboxylic acids is 1. The molecule has 7 rings (SSSR count). The first-order valence-electron chi connectivity index (χ1n) is 20.5. The molecule has 6 saturated carbocycles. The van der Waals surface area contributed by atoms with E-state index in [0.717, 1.165) is 25.7 Å². The van der Waals surface area contributed by atoms with E-state index in [-0.39, 0.29) is 84.3 Å². The maximum absolute atomic E-state index is 12.7. The van der Waals surface area contributed by atoms with Gasteiger partial charge in [-0.1, -0.05) is 38.3 Å². The lowest BCUT2D eigenvalue weighted by atomic mass is 9.45. The third kappa shape index (κ3) is 7.97. The number of hydrogen-bond acceptors (Lipinski definition) is 16. The van der Waals surface area contributed by atoms with Crippen molar-refractivity contribution in [3.63, 3.8) is 0 Å². The predicted octanol–water partition coefficient (Wildman–Crippen LogP) is 2.07. The number of rotatable bonds is 7. The molecule has 14 atom stereocenters. The Morgan fingerprint density at radius 1 is 0.746 bits per heavy atom. The SMILES string of the molecule is CC1(CCC(=O)O)C(=O)CCC2C1C(O)CC1(C)C2CCC1(O)C(=O)CO.CC12CCC(=O)C=C1CCC1C2C(O)CC2(C)C1CCC2(O)C(=O)CO.O=C=O.OOO. The summed E-state index contributed by atoms with van der Waals surface area (Å²) in [6.07, 6.45) is 7.02. The Morgan fingerprint density at radius 2 is 1.19 bits per heavy atom. The molecule has 0 aromatic heterocycles. The molecule has 59 heavy (non-hydrogen) atoms. The number of aliphatic hydroxyl groups is 6. The lowest BCUT2D eigenvalue weighted by Crippen LogP contribution is -2.62. The van der Waals surface area contributed by atoms with Crippen LogP contribution in [-0.4, -0.2) is 118 Å². The van der Waals surface area contributed by atoms with Crippen LogP contribution in [0, 0.1) is 57.2 Å². The molecule has 17 nitrogen and oxygen atoms in total. The molecule has 332 valence electrons. The highest BCUT2D eigenvalue weighted by atomic mass is 17.4.